The molecule has 9 nitrogen and oxygen atoms in total. The van der Waals surface area contributed by atoms with Crippen molar-refractivity contribution in [2.24, 2.45) is 11.7 Å². The molecule has 1 aromatic rings. The van der Waals surface area contributed by atoms with Gasteiger partial charge in [-0.05, 0) is 73.3 Å². The van der Waals surface area contributed by atoms with E-state index in [1.54, 1.807) is 20.8 Å². The molecule has 1 aromatic carbocycles. The number of hydrogen-bond acceptors (Lipinski definition) is 5. The van der Waals surface area contributed by atoms with Gasteiger partial charge in [0.15, 0.2) is 0 Å². The molecule has 0 heterocycles. The lowest BCUT2D eigenvalue weighted by atomic mass is 9.96. The van der Waals surface area contributed by atoms with E-state index in [9.17, 15) is 19.2 Å². The molecule has 1 saturated carbocycles. The number of primary amides is 1. The van der Waals surface area contributed by atoms with Gasteiger partial charge in [-0.25, -0.2) is 4.79 Å². The quantitative estimate of drug-likeness (QED) is 0.502. The summed E-state index contributed by atoms with van der Waals surface area (Å²) in [6.45, 7) is 16.6. The molecule has 0 aromatic heterocycles. The summed E-state index contributed by atoms with van der Waals surface area (Å²) in [5, 5.41) is 5.52. The fourth-order valence-electron chi connectivity index (χ4n) is 4.25. The zero-order chi connectivity index (χ0) is 27.6. The minimum atomic E-state index is -1.28. The first kappa shape index (κ1) is 29.1. The number of nitrogens with one attached hydrogen (secondary N) is 2. The van der Waals surface area contributed by atoms with E-state index >= 15 is 0 Å². The van der Waals surface area contributed by atoms with Gasteiger partial charge in [0.2, 0.25) is 17.7 Å². The number of amides is 4. The Morgan fingerprint density at radius 1 is 1.06 bits per heavy atom. The predicted octanol–water partition coefficient (Wildman–Crippen LogP) is 3.26. The minimum Gasteiger partial charge on any atom is -0.444 e. The summed E-state index contributed by atoms with van der Waals surface area (Å²) >= 11 is 0. The second kappa shape index (κ2) is 10.9. The highest BCUT2D eigenvalue weighted by atomic mass is 16.6. The van der Waals surface area contributed by atoms with E-state index in [-0.39, 0.29) is 17.9 Å². The molecule has 200 valence electrons. The van der Waals surface area contributed by atoms with Gasteiger partial charge in [-0.2, -0.15) is 0 Å². The maximum Gasteiger partial charge on any atom is 0.408 e. The highest BCUT2D eigenvalue weighted by Gasteiger charge is 2.48. The monoisotopic (exact) mass is 502 g/mol. The van der Waals surface area contributed by atoms with Crippen molar-refractivity contribution in [3.63, 3.8) is 0 Å². The van der Waals surface area contributed by atoms with Crippen LogP contribution in [0.15, 0.2) is 18.2 Å². The first-order valence-corrected chi connectivity index (χ1v) is 12.4. The Morgan fingerprint density at radius 3 is 2.00 bits per heavy atom. The average molecular weight is 503 g/mol. The van der Waals surface area contributed by atoms with E-state index in [0.717, 1.165) is 11.1 Å². The summed E-state index contributed by atoms with van der Waals surface area (Å²) in [4.78, 5) is 53.7. The van der Waals surface area contributed by atoms with Crippen molar-refractivity contribution in [2.45, 2.75) is 104 Å². The Labute approximate surface area is 214 Å². The fourth-order valence-corrected chi connectivity index (χ4v) is 4.25. The number of ether oxygens (including phenoxy) is 1. The summed E-state index contributed by atoms with van der Waals surface area (Å²) in [6.07, 6.45) is -0.560. The van der Waals surface area contributed by atoms with Crippen LogP contribution >= 0.6 is 0 Å². The molecule has 2 rings (SSSR count). The van der Waals surface area contributed by atoms with Crippen LogP contribution in [0.1, 0.15) is 84.0 Å². The number of alkyl carbamates (subject to hydrolysis) is 1. The van der Waals surface area contributed by atoms with Gasteiger partial charge in [0, 0.05) is 11.6 Å². The standard InChI is InChI=1S/C27H42N4O5/c1-15-10-16(2)12-18(11-15)22(23(33)30-26(4,5)6)31(20-13-17(20)3)24(34)19(14-21(28)32)29-25(35)36-27(7,8)9/h10-12,17,19-20,22H,13-14H2,1-9H3,(H2,28,32)(H,29,35)(H,30,33). The van der Waals surface area contributed by atoms with Crippen molar-refractivity contribution in [3.05, 3.63) is 34.9 Å². The van der Waals surface area contributed by atoms with Crippen LogP contribution < -0.4 is 16.4 Å². The van der Waals surface area contributed by atoms with Gasteiger partial charge in [-0.3, -0.25) is 14.4 Å². The van der Waals surface area contributed by atoms with Crippen molar-refractivity contribution >= 4 is 23.8 Å². The highest BCUT2D eigenvalue weighted by Crippen LogP contribution is 2.41. The summed E-state index contributed by atoms with van der Waals surface area (Å²) < 4.78 is 5.31. The van der Waals surface area contributed by atoms with Crippen LogP contribution in [0.25, 0.3) is 0 Å². The van der Waals surface area contributed by atoms with Crippen molar-refractivity contribution in [2.75, 3.05) is 0 Å². The van der Waals surface area contributed by atoms with Gasteiger partial charge in [0.25, 0.3) is 0 Å². The third kappa shape index (κ3) is 8.53. The van der Waals surface area contributed by atoms with E-state index in [4.69, 9.17) is 10.5 Å². The van der Waals surface area contributed by atoms with Gasteiger partial charge in [0.1, 0.15) is 17.7 Å². The first-order valence-electron chi connectivity index (χ1n) is 12.4. The molecule has 0 bridgehead atoms. The van der Waals surface area contributed by atoms with E-state index in [0.29, 0.717) is 12.0 Å². The molecule has 4 unspecified atom stereocenters. The smallest absolute Gasteiger partial charge is 0.408 e. The number of carbonyl (C=O) groups excluding carboxylic acids is 4. The Balaban J connectivity index is 2.57. The molecule has 0 saturated heterocycles. The molecule has 0 radical (unpaired) electrons. The normalized spacial score (nSPS) is 19.0. The Hall–Kier alpha value is -3.10. The number of rotatable bonds is 8. The van der Waals surface area contributed by atoms with E-state index in [2.05, 4.69) is 10.6 Å². The van der Waals surface area contributed by atoms with Crippen LogP contribution in [0.5, 0.6) is 0 Å². The molecule has 1 aliphatic carbocycles. The lowest BCUT2D eigenvalue weighted by molar-refractivity contribution is -0.144. The lowest BCUT2D eigenvalue weighted by Gasteiger charge is -2.36. The molecular weight excluding hydrogens is 460 g/mol. The molecule has 4 atom stereocenters. The van der Waals surface area contributed by atoms with Crippen molar-refractivity contribution in [3.8, 4) is 0 Å². The van der Waals surface area contributed by atoms with Crippen LogP contribution in [0.3, 0.4) is 0 Å². The van der Waals surface area contributed by atoms with Crippen LogP contribution in [0.2, 0.25) is 0 Å². The number of nitrogens with two attached hydrogens (primary N) is 1. The zero-order valence-electron chi connectivity index (χ0n) is 23.0. The Morgan fingerprint density at radius 2 is 1.58 bits per heavy atom. The zero-order valence-corrected chi connectivity index (χ0v) is 23.0. The summed E-state index contributed by atoms with van der Waals surface area (Å²) in [6, 6.07) is 3.30. The SMILES string of the molecule is Cc1cc(C)cc(C(C(=O)NC(C)(C)C)N(C(=O)C(CC(N)=O)NC(=O)OC(C)(C)C)C2CC2C)c1. The summed E-state index contributed by atoms with van der Waals surface area (Å²) in [5.41, 5.74) is 6.67. The van der Waals surface area contributed by atoms with Gasteiger partial charge < -0.3 is 26.0 Å². The average Bonchev–Trinajstić information content (AvgIpc) is 3.36. The predicted molar refractivity (Wildman–Crippen MR) is 138 cm³/mol. The topological polar surface area (TPSA) is 131 Å². The third-order valence-corrected chi connectivity index (χ3v) is 5.66. The van der Waals surface area contributed by atoms with Crippen LogP contribution in [0.4, 0.5) is 4.79 Å². The van der Waals surface area contributed by atoms with Gasteiger partial charge in [-0.15, -0.1) is 0 Å². The summed E-state index contributed by atoms with van der Waals surface area (Å²) in [7, 11) is 0. The van der Waals surface area contributed by atoms with Gasteiger partial charge in [0.05, 0.1) is 6.42 Å². The molecule has 1 aliphatic rings. The molecule has 4 amide bonds. The molecule has 4 N–H and O–H groups in total. The number of hydrogen-bond donors (Lipinski definition) is 3. The molecule has 0 spiro atoms. The number of benzene rings is 1. The first-order chi connectivity index (χ1) is 16.4. The second-order valence-electron chi connectivity index (χ2n) is 12.0. The number of aryl methyl sites for hydroxylation is 2. The lowest BCUT2D eigenvalue weighted by Crippen LogP contribution is -2.56. The Kier molecular flexibility index (Phi) is 8.81. The summed E-state index contributed by atoms with van der Waals surface area (Å²) in [5.74, 6) is -1.49. The molecular formula is C27H42N4O5. The van der Waals surface area contributed by atoms with Gasteiger partial charge in [-0.1, -0.05) is 36.2 Å². The molecule has 9 heteroatoms. The van der Waals surface area contributed by atoms with Crippen molar-refractivity contribution in [1.82, 2.24) is 15.5 Å². The number of nitrogens with zero attached hydrogens (tertiary/aromatic N) is 1. The molecule has 36 heavy (non-hydrogen) atoms. The van der Waals surface area contributed by atoms with Crippen LogP contribution in [-0.2, 0) is 19.1 Å². The molecule has 1 fully saturated rings. The second-order valence-corrected chi connectivity index (χ2v) is 12.0. The maximum absolute atomic E-state index is 14.0. The Bertz CT molecular complexity index is 988. The van der Waals surface area contributed by atoms with Gasteiger partial charge >= 0.3 is 6.09 Å². The van der Waals surface area contributed by atoms with Crippen LogP contribution in [0, 0.1) is 19.8 Å². The largest absolute Gasteiger partial charge is 0.444 e. The third-order valence-electron chi connectivity index (χ3n) is 5.66. The van der Waals surface area contributed by atoms with E-state index < -0.39 is 47.6 Å². The van der Waals surface area contributed by atoms with Crippen molar-refractivity contribution in [1.29, 1.82) is 0 Å². The highest BCUT2D eigenvalue weighted by molar-refractivity contribution is 5.95. The fraction of sp³-hybridized carbons (Fsp3) is 0.630. The minimum absolute atomic E-state index is 0.153. The van der Waals surface area contributed by atoms with Crippen molar-refractivity contribution < 1.29 is 23.9 Å². The number of carbonyl (C=O) groups is 4. The maximum atomic E-state index is 14.0. The van der Waals surface area contributed by atoms with E-state index in [1.165, 1.54) is 4.90 Å². The van der Waals surface area contributed by atoms with E-state index in [1.807, 2.05) is 59.7 Å². The van der Waals surface area contributed by atoms with Crippen LogP contribution in [-0.4, -0.2) is 51.9 Å². The molecule has 0 aliphatic heterocycles.